The first kappa shape index (κ1) is 17.6. The summed E-state index contributed by atoms with van der Waals surface area (Å²) < 4.78 is 40.0. The van der Waals surface area contributed by atoms with Crippen molar-refractivity contribution in [3.8, 4) is 0 Å². The smallest absolute Gasteiger partial charge is 0.351 e. The van der Waals surface area contributed by atoms with E-state index in [4.69, 9.17) is 11.6 Å². The number of hydrogen-bond donors (Lipinski definition) is 1. The molecule has 0 aromatic carbocycles. The molecule has 2 aromatic rings. The molecule has 0 spiro atoms. The number of imidazole rings is 1. The number of fused-ring (bicyclic) bond motifs is 1. The van der Waals surface area contributed by atoms with E-state index < -0.39 is 17.6 Å². The number of aryl methyl sites for hydroxylation is 1. The number of pyridine rings is 1. The monoisotopic (exact) mass is 347 g/mol. The number of aromatic nitrogens is 2. The summed E-state index contributed by atoms with van der Waals surface area (Å²) in [5, 5.41) is 2.57. The van der Waals surface area contributed by atoms with Crippen molar-refractivity contribution in [2.75, 3.05) is 6.54 Å². The Morgan fingerprint density at radius 3 is 2.65 bits per heavy atom. The van der Waals surface area contributed by atoms with Crippen molar-refractivity contribution < 1.29 is 18.0 Å². The van der Waals surface area contributed by atoms with Crippen molar-refractivity contribution in [3.05, 3.63) is 34.2 Å². The van der Waals surface area contributed by atoms with E-state index in [2.05, 4.69) is 10.3 Å². The molecule has 2 rings (SSSR count). The van der Waals surface area contributed by atoms with Gasteiger partial charge in [-0.2, -0.15) is 13.2 Å². The average molecular weight is 348 g/mol. The van der Waals surface area contributed by atoms with Gasteiger partial charge in [0.25, 0.3) is 5.91 Å². The van der Waals surface area contributed by atoms with Crippen LogP contribution in [0.2, 0.25) is 5.02 Å². The lowest BCUT2D eigenvalue weighted by Crippen LogP contribution is -2.26. The van der Waals surface area contributed by atoms with Crippen LogP contribution in [0.15, 0.2) is 12.3 Å². The van der Waals surface area contributed by atoms with E-state index >= 15 is 0 Å². The largest absolute Gasteiger partial charge is 0.417 e. The molecule has 1 amide bonds. The number of rotatable bonds is 5. The second kappa shape index (κ2) is 6.78. The van der Waals surface area contributed by atoms with Crippen LogP contribution in [-0.4, -0.2) is 21.8 Å². The van der Waals surface area contributed by atoms with Crippen molar-refractivity contribution in [2.24, 2.45) is 0 Å². The fourth-order valence-corrected chi connectivity index (χ4v) is 2.51. The molecular weight excluding hydrogens is 331 g/mol. The molecule has 0 aliphatic rings. The second-order valence-electron chi connectivity index (χ2n) is 5.14. The van der Waals surface area contributed by atoms with Gasteiger partial charge in [0.15, 0.2) is 5.65 Å². The van der Waals surface area contributed by atoms with Crippen molar-refractivity contribution in [1.82, 2.24) is 14.7 Å². The van der Waals surface area contributed by atoms with Crippen LogP contribution in [-0.2, 0) is 12.6 Å². The predicted molar refractivity (Wildman–Crippen MR) is 81.8 cm³/mol. The number of amides is 1. The van der Waals surface area contributed by atoms with Gasteiger partial charge in [-0.3, -0.25) is 9.20 Å². The molecular formula is C15H17ClF3N3O. The summed E-state index contributed by atoms with van der Waals surface area (Å²) in [6.07, 6.45) is -1.58. The minimum atomic E-state index is -4.55. The van der Waals surface area contributed by atoms with E-state index in [1.54, 1.807) is 6.92 Å². The van der Waals surface area contributed by atoms with Gasteiger partial charge in [-0.15, -0.1) is 0 Å². The van der Waals surface area contributed by atoms with Crippen LogP contribution in [0.4, 0.5) is 13.2 Å². The lowest BCUT2D eigenvalue weighted by atomic mass is 10.2. The molecule has 0 aliphatic heterocycles. The van der Waals surface area contributed by atoms with E-state index in [-0.39, 0.29) is 16.4 Å². The number of alkyl halides is 3. The Kier molecular flexibility index (Phi) is 5.19. The Hall–Kier alpha value is -1.76. The van der Waals surface area contributed by atoms with Crippen LogP contribution >= 0.6 is 11.6 Å². The maximum absolute atomic E-state index is 13.0. The van der Waals surface area contributed by atoms with Crippen LogP contribution in [0.1, 0.15) is 48.4 Å². The second-order valence-corrected chi connectivity index (χ2v) is 5.55. The third kappa shape index (κ3) is 3.60. The fourth-order valence-electron chi connectivity index (χ4n) is 2.26. The van der Waals surface area contributed by atoms with Crippen LogP contribution < -0.4 is 5.32 Å². The normalized spacial score (nSPS) is 11.9. The van der Waals surface area contributed by atoms with Gasteiger partial charge < -0.3 is 5.32 Å². The van der Waals surface area contributed by atoms with Crippen LogP contribution in [0.25, 0.3) is 5.65 Å². The van der Waals surface area contributed by atoms with E-state index in [1.165, 1.54) is 0 Å². The summed E-state index contributed by atoms with van der Waals surface area (Å²) in [5.74, 6) is -0.446. The van der Waals surface area contributed by atoms with Gasteiger partial charge in [-0.25, -0.2) is 4.98 Å². The molecule has 0 aliphatic carbocycles. The molecule has 0 unspecified atom stereocenters. The van der Waals surface area contributed by atoms with Gasteiger partial charge in [0.05, 0.1) is 16.3 Å². The van der Waals surface area contributed by atoms with Crippen molar-refractivity contribution in [3.63, 3.8) is 0 Å². The highest BCUT2D eigenvalue weighted by Crippen LogP contribution is 2.33. The first-order valence-corrected chi connectivity index (χ1v) is 7.73. The third-order valence-corrected chi connectivity index (χ3v) is 3.72. The standard InChI is InChI=1S/C15H17ClF3N3O/c1-3-5-6-20-14(23)12-11(4-2)21-13-10(16)7-9(8-22(12)13)15(17,18)19/h7-8H,3-6H2,1-2H3,(H,20,23). The Bertz CT molecular complexity index is 725. The van der Waals surface area contributed by atoms with E-state index in [0.29, 0.717) is 18.7 Å². The number of hydrogen-bond acceptors (Lipinski definition) is 2. The number of unbranched alkanes of at least 4 members (excludes halogenated alkanes) is 1. The summed E-state index contributed by atoms with van der Waals surface area (Å²) in [6.45, 7) is 4.22. The number of nitrogens with one attached hydrogen (secondary N) is 1. The van der Waals surface area contributed by atoms with Crippen LogP contribution in [0.5, 0.6) is 0 Å². The maximum atomic E-state index is 13.0. The molecule has 2 aromatic heterocycles. The molecule has 126 valence electrons. The zero-order valence-corrected chi connectivity index (χ0v) is 13.6. The highest BCUT2D eigenvalue weighted by atomic mass is 35.5. The highest BCUT2D eigenvalue weighted by Gasteiger charge is 2.33. The molecule has 1 N–H and O–H groups in total. The Balaban J connectivity index is 2.57. The molecule has 2 heterocycles. The molecule has 8 heteroatoms. The minimum absolute atomic E-state index is 0.103. The molecule has 0 bridgehead atoms. The van der Waals surface area contributed by atoms with Crippen LogP contribution in [0, 0.1) is 0 Å². The zero-order valence-electron chi connectivity index (χ0n) is 12.8. The third-order valence-electron chi connectivity index (χ3n) is 3.44. The molecule has 23 heavy (non-hydrogen) atoms. The Labute approximate surface area is 136 Å². The quantitative estimate of drug-likeness (QED) is 0.828. The lowest BCUT2D eigenvalue weighted by Gasteiger charge is -2.10. The Morgan fingerprint density at radius 2 is 2.09 bits per heavy atom. The van der Waals surface area contributed by atoms with Gasteiger partial charge >= 0.3 is 6.18 Å². The van der Waals surface area contributed by atoms with Crippen LogP contribution in [0.3, 0.4) is 0 Å². The maximum Gasteiger partial charge on any atom is 0.417 e. The average Bonchev–Trinajstić information content (AvgIpc) is 2.85. The zero-order chi connectivity index (χ0) is 17.2. The topological polar surface area (TPSA) is 46.4 Å². The van der Waals surface area contributed by atoms with Gasteiger partial charge in [0.1, 0.15) is 5.69 Å². The fraction of sp³-hybridized carbons (Fsp3) is 0.467. The molecule has 4 nitrogen and oxygen atoms in total. The SMILES string of the molecule is CCCCNC(=O)c1c(CC)nc2c(Cl)cc(C(F)(F)F)cn12. The van der Waals surface area contributed by atoms with Gasteiger partial charge in [0, 0.05) is 12.7 Å². The summed E-state index contributed by atoms with van der Waals surface area (Å²) in [5.41, 5.74) is -0.248. The molecule has 0 radical (unpaired) electrons. The van der Waals surface area contributed by atoms with Crippen molar-refractivity contribution in [2.45, 2.75) is 39.3 Å². The van der Waals surface area contributed by atoms with Crippen molar-refractivity contribution >= 4 is 23.2 Å². The lowest BCUT2D eigenvalue weighted by molar-refractivity contribution is -0.137. The first-order chi connectivity index (χ1) is 10.8. The van der Waals surface area contributed by atoms with Gasteiger partial charge in [-0.1, -0.05) is 31.9 Å². The first-order valence-electron chi connectivity index (χ1n) is 7.35. The summed E-state index contributed by atoms with van der Waals surface area (Å²) in [4.78, 5) is 16.6. The highest BCUT2D eigenvalue weighted by molar-refractivity contribution is 6.33. The number of carbonyl (C=O) groups is 1. The van der Waals surface area contributed by atoms with E-state index in [0.717, 1.165) is 29.5 Å². The summed E-state index contributed by atoms with van der Waals surface area (Å²) in [6, 6.07) is 0.822. The van der Waals surface area contributed by atoms with Gasteiger partial charge in [-0.05, 0) is 18.9 Å². The Morgan fingerprint density at radius 1 is 1.39 bits per heavy atom. The minimum Gasteiger partial charge on any atom is -0.351 e. The summed E-state index contributed by atoms with van der Waals surface area (Å²) in [7, 11) is 0. The van der Waals surface area contributed by atoms with E-state index in [1.807, 2.05) is 6.92 Å². The molecule has 0 saturated heterocycles. The molecule has 0 atom stereocenters. The summed E-state index contributed by atoms with van der Waals surface area (Å²) >= 11 is 5.93. The molecule has 0 fully saturated rings. The number of nitrogens with zero attached hydrogens (tertiary/aromatic N) is 2. The number of carbonyl (C=O) groups excluding carboxylic acids is 1. The predicted octanol–water partition coefficient (Wildman–Crippen LogP) is 4.10. The van der Waals surface area contributed by atoms with Gasteiger partial charge in [0.2, 0.25) is 0 Å². The number of halogens is 4. The van der Waals surface area contributed by atoms with E-state index in [9.17, 15) is 18.0 Å². The van der Waals surface area contributed by atoms with Crippen molar-refractivity contribution in [1.29, 1.82) is 0 Å². The molecule has 0 saturated carbocycles.